The zero-order valence-electron chi connectivity index (χ0n) is 12.4. The third kappa shape index (κ3) is 7.62. The molecule has 1 N–H and O–H groups in total. The summed E-state index contributed by atoms with van der Waals surface area (Å²) in [4.78, 5) is 13.7. The van der Waals surface area contributed by atoms with Crippen molar-refractivity contribution in [1.29, 1.82) is 0 Å². The predicted molar refractivity (Wildman–Crippen MR) is 79.9 cm³/mol. The van der Waals surface area contributed by atoms with Crippen LogP contribution in [0.3, 0.4) is 0 Å². The molecule has 3 nitrogen and oxygen atoms in total. The quantitative estimate of drug-likeness (QED) is 0.731. The fourth-order valence-corrected chi connectivity index (χ4v) is 1.99. The summed E-state index contributed by atoms with van der Waals surface area (Å²) in [6, 6.07) is 10.4. The zero-order chi connectivity index (χ0) is 14.1. The number of amides is 1. The van der Waals surface area contributed by atoms with E-state index in [-0.39, 0.29) is 5.91 Å². The summed E-state index contributed by atoms with van der Waals surface area (Å²) in [7, 11) is 2.11. The number of nitrogens with one attached hydrogen (secondary N) is 1. The molecule has 1 aromatic carbocycles. The molecule has 106 valence electrons. The molecule has 0 aliphatic carbocycles. The van der Waals surface area contributed by atoms with Gasteiger partial charge in [0, 0.05) is 19.5 Å². The summed E-state index contributed by atoms with van der Waals surface area (Å²) in [5.74, 6) is 0.599. The largest absolute Gasteiger partial charge is 0.356 e. The van der Waals surface area contributed by atoms with Gasteiger partial charge in [0.25, 0.3) is 0 Å². The van der Waals surface area contributed by atoms with Crippen LogP contribution in [0.5, 0.6) is 0 Å². The molecule has 3 heteroatoms. The first kappa shape index (κ1) is 15.7. The highest BCUT2D eigenvalue weighted by molar-refractivity contribution is 5.75. The molecule has 0 bridgehead atoms. The number of benzene rings is 1. The molecule has 1 rings (SSSR count). The molecule has 0 atom stereocenters. The van der Waals surface area contributed by atoms with Crippen molar-refractivity contribution in [1.82, 2.24) is 10.2 Å². The molecule has 0 aromatic heterocycles. The third-order valence-corrected chi connectivity index (χ3v) is 2.93. The second-order valence-corrected chi connectivity index (χ2v) is 5.52. The molecule has 0 spiro atoms. The fraction of sp³-hybridized carbons (Fsp3) is 0.562. The van der Waals surface area contributed by atoms with Gasteiger partial charge in [0.2, 0.25) is 5.91 Å². The Morgan fingerprint density at radius 2 is 1.95 bits per heavy atom. The van der Waals surface area contributed by atoms with Gasteiger partial charge in [0.05, 0.1) is 0 Å². The molecule has 0 saturated carbocycles. The van der Waals surface area contributed by atoms with E-state index in [4.69, 9.17) is 0 Å². The summed E-state index contributed by atoms with van der Waals surface area (Å²) in [6.07, 6.45) is 1.62. The normalized spacial score (nSPS) is 11.0. The first-order chi connectivity index (χ1) is 9.08. The van der Waals surface area contributed by atoms with Crippen molar-refractivity contribution >= 4 is 5.91 Å². The Kier molecular flexibility index (Phi) is 7.19. The van der Waals surface area contributed by atoms with Gasteiger partial charge in [0.15, 0.2) is 0 Å². The summed E-state index contributed by atoms with van der Waals surface area (Å²) in [5.41, 5.74) is 1.33. The van der Waals surface area contributed by atoms with E-state index in [1.807, 2.05) is 6.07 Å². The maximum absolute atomic E-state index is 11.5. The van der Waals surface area contributed by atoms with Gasteiger partial charge in [-0.1, -0.05) is 44.2 Å². The van der Waals surface area contributed by atoms with Crippen LogP contribution in [0.25, 0.3) is 0 Å². The van der Waals surface area contributed by atoms with Crippen LogP contribution >= 0.6 is 0 Å². The van der Waals surface area contributed by atoms with E-state index in [9.17, 15) is 4.79 Å². The van der Waals surface area contributed by atoms with Gasteiger partial charge < -0.3 is 10.2 Å². The summed E-state index contributed by atoms with van der Waals surface area (Å²) >= 11 is 0. The van der Waals surface area contributed by atoms with Gasteiger partial charge in [-0.05, 0) is 31.5 Å². The summed E-state index contributed by atoms with van der Waals surface area (Å²) < 4.78 is 0. The van der Waals surface area contributed by atoms with Crippen LogP contribution in [-0.4, -0.2) is 30.9 Å². The van der Waals surface area contributed by atoms with Gasteiger partial charge in [-0.2, -0.15) is 0 Å². The first-order valence-electron chi connectivity index (χ1n) is 7.07. The molecule has 0 fully saturated rings. The van der Waals surface area contributed by atoms with Crippen molar-refractivity contribution in [3.05, 3.63) is 35.9 Å². The highest BCUT2D eigenvalue weighted by Gasteiger charge is 2.04. The highest BCUT2D eigenvalue weighted by Crippen LogP contribution is 2.03. The van der Waals surface area contributed by atoms with E-state index in [1.54, 1.807) is 0 Å². The maximum atomic E-state index is 11.5. The summed E-state index contributed by atoms with van der Waals surface area (Å²) in [6.45, 7) is 6.85. The summed E-state index contributed by atoms with van der Waals surface area (Å²) in [5, 5.41) is 2.97. The standard InChI is InChI=1S/C16H26N2O/c1-14(2)12-16(19)17-10-7-11-18(3)13-15-8-5-4-6-9-15/h4-6,8-9,14H,7,10-13H2,1-3H3,(H,17,19). The number of nitrogens with zero attached hydrogens (tertiary/aromatic N) is 1. The van der Waals surface area contributed by atoms with Crippen LogP contribution in [0.15, 0.2) is 30.3 Å². The molecule has 1 amide bonds. The molecule has 0 unspecified atom stereocenters. The van der Waals surface area contributed by atoms with Crippen LogP contribution in [0.2, 0.25) is 0 Å². The molecule has 1 aromatic rings. The molecular formula is C16H26N2O. The monoisotopic (exact) mass is 262 g/mol. The average molecular weight is 262 g/mol. The molecule has 0 saturated heterocycles. The Labute approximate surface area is 117 Å². The van der Waals surface area contributed by atoms with E-state index in [0.29, 0.717) is 12.3 Å². The second-order valence-electron chi connectivity index (χ2n) is 5.52. The van der Waals surface area contributed by atoms with Crippen molar-refractivity contribution in [2.45, 2.75) is 33.2 Å². The number of rotatable bonds is 8. The molecule has 0 aliphatic rings. The number of carbonyl (C=O) groups excluding carboxylic acids is 1. The van der Waals surface area contributed by atoms with Crippen LogP contribution in [-0.2, 0) is 11.3 Å². The second kappa shape index (κ2) is 8.70. The van der Waals surface area contributed by atoms with E-state index in [0.717, 1.165) is 26.1 Å². The van der Waals surface area contributed by atoms with Gasteiger partial charge in [-0.15, -0.1) is 0 Å². The zero-order valence-corrected chi connectivity index (χ0v) is 12.4. The van der Waals surface area contributed by atoms with E-state index < -0.39 is 0 Å². The van der Waals surface area contributed by atoms with Crippen molar-refractivity contribution in [3.63, 3.8) is 0 Å². The SMILES string of the molecule is CC(C)CC(=O)NCCCN(C)Cc1ccccc1. The van der Waals surface area contributed by atoms with E-state index in [2.05, 4.69) is 55.4 Å². The van der Waals surface area contributed by atoms with E-state index >= 15 is 0 Å². The maximum Gasteiger partial charge on any atom is 0.220 e. The molecule has 19 heavy (non-hydrogen) atoms. The Morgan fingerprint density at radius 1 is 1.26 bits per heavy atom. The Bertz CT molecular complexity index is 362. The van der Waals surface area contributed by atoms with Crippen molar-refractivity contribution in [2.24, 2.45) is 5.92 Å². The van der Waals surface area contributed by atoms with Gasteiger partial charge in [-0.3, -0.25) is 4.79 Å². The molecule has 0 radical (unpaired) electrons. The lowest BCUT2D eigenvalue weighted by Gasteiger charge is -2.16. The fourth-order valence-electron chi connectivity index (χ4n) is 1.99. The van der Waals surface area contributed by atoms with E-state index in [1.165, 1.54) is 5.56 Å². The minimum absolute atomic E-state index is 0.167. The minimum atomic E-state index is 0.167. The molecule has 0 heterocycles. The van der Waals surface area contributed by atoms with Crippen molar-refractivity contribution in [2.75, 3.05) is 20.1 Å². The predicted octanol–water partition coefficient (Wildman–Crippen LogP) is 2.67. The smallest absolute Gasteiger partial charge is 0.220 e. The highest BCUT2D eigenvalue weighted by atomic mass is 16.1. The number of hydrogen-bond acceptors (Lipinski definition) is 2. The lowest BCUT2D eigenvalue weighted by molar-refractivity contribution is -0.121. The number of hydrogen-bond donors (Lipinski definition) is 1. The Morgan fingerprint density at radius 3 is 2.58 bits per heavy atom. The topological polar surface area (TPSA) is 32.3 Å². The first-order valence-corrected chi connectivity index (χ1v) is 7.07. The van der Waals surface area contributed by atoms with Crippen LogP contribution in [0.4, 0.5) is 0 Å². The van der Waals surface area contributed by atoms with Gasteiger partial charge >= 0.3 is 0 Å². The number of carbonyl (C=O) groups is 1. The van der Waals surface area contributed by atoms with Crippen LogP contribution in [0.1, 0.15) is 32.3 Å². The lowest BCUT2D eigenvalue weighted by atomic mass is 10.1. The molecule has 0 aliphatic heterocycles. The van der Waals surface area contributed by atoms with Crippen LogP contribution < -0.4 is 5.32 Å². The van der Waals surface area contributed by atoms with Crippen LogP contribution in [0, 0.1) is 5.92 Å². The Balaban J connectivity index is 2.11. The minimum Gasteiger partial charge on any atom is -0.356 e. The molecular weight excluding hydrogens is 236 g/mol. The van der Waals surface area contributed by atoms with Gasteiger partial charge in [0.1, 0.15) is 0 Å². The van der Waals surface area contributed by atoms with Crippen molar-refractivity contribution in [3.8, 4) is 0 Å². The third-order valence-electron chi connectivity index (χ3n) is 2.93. The Hall–Kier alpha value is -1.35. The van der Waals surface area contributed by atoms with Gasteiger partial charge in [-0.25, -0.2) is 0 Å². The lowest BCUT2D eigenvalue weighted by Crippen LogP contribution is -2.28. The van der Waals surface area contributed by atoms with Crippen molar-refractivity contribution < 1.29 is 4.79 Å². The average Bonchev–Trinajstić information content (AvgIpc) is 2.35.